The normalized spacial score (nSPS) is 11.9. The average Bonchev–Trinajstić information content (AvgIpc) is 2.41. The van der Waals surface area contributed by atoms with E-state index in [1.165, 1.54) is 0 Å². The molecule has 0 amide bonds. The van der Waals surface area contributed by atoms with Gasteiger partial charge in [-0.05, 0) is 6.42 Å². The van der Waals surface area contributed by atoms with Crippen LogP contribution < -0.4 is 9.86 Å². The lowest BCUT2D eigenvalue weighted by molar-refractivity contribution is 0.583. The summed E-state index contributed by atoms with van der Waals surface area (Å²) in [7, 11) is -1.83. The summed E-state index contributed by atoms with van der Waals surface area (Å²) in [6.45, 7) is 2.15. The number of nitrogens with one attached hydrogen (secondary N) is 1. The quantitative estimate of drug-likeness (QED) is 0.698. The first-order valence-corrected chi connectivity index (χ1v) is 5.75. The smallest absolute Gasteiger partial charge is 0.274 e. The Morgan fingerprint density at radius 2 is 2.29 bits per heavy atom. The fraction of sp³-hybridized carbons (Fsp3) is 0.571. The molecular formula is C7H14N4O2S. The number of hydrogen-bond acceptors (Lipinski definition) is 3. The van der Waals surface area contributed by atoms with Crippen molar-refractivity contribution in [3.8, 4) is 0 Å². The van der Waals surface area contributed by atoms with Crippen LogP contribution in [-0.4, -0.2) is 18.2 Å². The van der Waals surface area contributed by atoms with Crippen LogP contribution in [0.2, 0.25) is 0 Å². The van der Waals surface area contributed by atoms with E-state index in [0.29, 0.717) is 0 Å². The maximum atomic E-state index is 10.7. The van der Waals surface area contributed by atoms with Crippen molar-refractivity contribution in [3.05, 3.63) is 17.5 Å². The first-order chi connectivity index (χ1) is 6.42. The van der Waals surface area contributed by atoms with Crippen molar-refractivity contribution in [2.45, 2.75) is 19.9 Å². The Kier molecular flexibility index (Phi) is 3.25. The summed E-state index contributed by atoms with van der Waals surface area (Å²) in [4.78, 5) is 0. The number of rotatable bonds is 4. The number of nitrogens with zero attached hydrogens (tertiary/aromatic N) is 2. The van der Waals surface area contributed by atoms with E-state index in [0.717, 1.165) is 17.7 Å². The first kappa shape index (κ1) is 11.2. The summed E-state index contributed by atoms with van der Waals surface area (Å²) in [5.41, 5.74) is 1.73. The van der Waals surface area contributed by atoms with E-state index in [1.807, 2.05) is 6.92 Å². The highest BCUT2D eigenvalue weighted by molar-refractivity contribution is 7.87. The summed E-state index contributed by atoms with van der Waals surface area (Å²) < 4.78 is 25.2. The van der Waals surface area contributed by atoms with E-state index in [4.69, 9.17) is 5.14 Å². The van der Waals surface area contributed by atoms with Gasteiger partial charge in [-0.15, -0.1) is 0 Å². The third kappa shape index (κ3) is 3.09. The lowest BCUT2D eigenvalue weighted by Gasteiger charge is -2.00. The van der Waals surface area contributed by atoms with Crippen molar-refractivity contribution in [3.63, 3.8) is 0 Å². The zero-order chi connectivity index (χ0) is 10.8. The molecule has 1 heterocycles. The van der Waals surface area contributed by atoms with Crippen LogP contribution in [0.25, 0.3) is 0 Å². The summed E-state index contributed by atoms with van der Waals surface area (Å²) in [5.74, 6) is 0. The van der Waals surface area contributed by atoms with Crippen molar-refractivity contribution >= 4 is 10.2 Å². The second-order valence-electron chi connectivity index (χ2n) is 2.99. The highest BCUT2D eigenvalue weighted by Gasteiger charge is 2.08. The predicted octanol–water partition coefficient (Wildman–Crippen LogP) is -0.724. The van der Waals surface area contributed by atoms with E-state index >= 15 is 0 Å². The molecule has 0 bridgehead atoms. The van der Waals surface area contributed by atoms with Gasteiger partial charge < -0.3 is 0 Å². The molecule has 0 unspecified atom stereocenters. The van der Waals surface area contributed by atoms with Gasteiger partial charge in [-0.3, -0.25) is 4.68 Å². The second-order valence-corrected chi connectivity index (χ2v) is 4.37. The van der Waals surface area contributed by atoms with Crippen molar-refractivity contribution in [1.29, 1.82) is 0 Å². The zero-order valence-corrected chi connectivity index (χ0v) is 9.00. The minimum absolute atomic E-state index is 0.190. The third-order valence-electron chi connectivity index (χ3n) is 1.79. The molecule has 0 aliphatic rings. The molecule has 0 aliphatic heterocycles. The molecule has 0 fully saturated rings. The Bertz CT molecular complexity index is 409. The van der Waals surface area contributed by atoms with Gasteiger partial charge in [0.25, 0.3) is 10.2 Å². The molecule has 80 valence electrons. The fourth-order valence-electron chi connectivity index (χ4n) is 1.21. The topological polar surface area (TPSA) is 90.0 Å². The number of hydrogen-bond donors (Lipinski definition) is 2. The molecular weight excluding hydrogens is 204 g/mol. The number of nitrogens with two attached hydrogens (primary N) is 1. The molecule has 0 spiro atoms. The summed E-state index contributed by atoms with van der Waals surface area (Å²) in [5, 5.41) is 8.99. The molecule has 0 aliphatic carbocycles. The lowest BCUT2D eigenvalue weighted by Crippen LogP contribution is -2.30. The van der Waals surface area contributed by atoms with Gasteiger partial charge in [-0.1, -0.05) is 6.92 Å². The molecule has 1 rings (SSSR count). The molecule has 0 saturated carbocycles. The Labute approximate surface area is 83.3 Å². The SMILES string of the molecule is CCc1nn(C)cc1CNS(N)(=O)=O. The van der Waals surface area contributed by atoms with Gasteiger partial charge in [0.1, 0.15) is 0 Å². The highest BCUT2D eigenvalue weighted by Crippen LogP contribution is 2.06. The minimum atomic E-state index is -3.63. The Balaban J connectivity index is 2.76. The molecule has 3 N–H and O–H groups in total. The minimum Gasteiger partial charge on any atom is -0.275 e. The van der Waals surface area contributed by atoms with Crippen molar-refractivity contribution in [2.24, 2.45) is 12.2 Å². The molecule has 7 heteroatoms. The first-order valence-electron chi connectivity index (χ1n) is 4.21. The number of aromatic nitrogens is 2. The molecule has 1 aromatic heterocycles. The van der Waals surface area contributed by atoms with E-state index in [1.54, 1.807) is 17.9 Å². The van der Waals surface area contributed by atoms with Crippen LogP contribution in [0.3, 0.4) is 0 Å². The molecule has 0 aromatic carbocycles. The Hall–Kier alpha value is -0.920. The van der Waals surface area contributed by atoms with Crippen LogP contribution in [0.1, 0.15) is 18.2 Å². The van der Waals surface area contributed by atoms with Crippen molar-refractivity contribution < 1.29 is 8.42 Å². The Morgan fingerprint density at radius 1 is 1.64 bits per heavy atom. The summed E-state index contributed by atoms with van der Waals surface area (Å²) >= 11 is 0. The monoisotopic (exact) mass is 218 g/mol. The van der Waals surface area contributed by atoms with Crippen LogP contribution in [-0.2, 0) is 30.2 Å². The Morgan fingerprint density at radius 3 is 2.79 bits per heavy atom. The van der Waals surface area contributed by atoms with Gasteiger partial charge in [0.15, 0.2) is 0 Å². The summed E-state index contributed by atoms with van der Waals surface area (Å²) in [6, 6.07) is 0. The highest BCUT2D eigenvalue weighted by atomic mass is 32.2. The standard InChI is InChI=1S/C7H14N4O2S/c1-3-7-6(5-11(2)10-7)4-9-14(8,12)13/h5,9H,3-4H2,1-2H3,(H2,8,12,13). The van der Waals surface area contributed by atoms with E-state index in [2.05, 4.69) is 9.82 Å². The molecule has 0 saturated heterocycles. The molecule has 1 aromatic rings. The molecule has 14 heavy (non-hydrogen) atoms. The van der Waals surface area contributed by atoms with E-state index < -0.39 is 10.2 Å². The molecule has 0 radical (unpaired) electrons. The van der Waals surface area contributed by atoms with E-state index in [9.17, 15) is 8.42 Å². The van der Waals surface area contributed by atoms with Gasteiger partial charge in [0.05, 0.1) is 5.69 Å². The second kappa shape index (κ2) is 4.07. The van der Waals surface area contributed by atoms with Crippen LogP contribution in [0.4, 0.5) is 0 Å². The average molecular weight is 218 g/mol. The van der Waals surface area contributed by atoms with Crippen molar-refractivity contribution in [1.82, 2.24) is 14.5 Å². The van der Waals surface area contributed by atoms with Gasteiger partial charge >= 0.3 is 0 Å². The van der Waals surface area contributed by atoms with Crippen LogP contribution in [0, 0.1) is 0 Å². The van der Waals surface area contributed by atoms with Gasteiger partial charge in [-0.25, -0.2) is 5.14 Å². The molecule has 6 nitrogen and oxygen atoms in total. The molecule has 0 atom stereocenters. The van der Waals surface area contributed by atoms with Gasteiger partial charge in [0.2, 0.25) is 0 Å². The lowest BCUT2D eigenvalue weighted by atomic mass is 10.2. The van der Waals surface area contributed by atoms with Crippen molar-refractivity contribution in [2.75, 3.05) is 0 Å². The largest absolute Gasteiger partial charge is 0.275 e. The van der Waals surface area contributed by atoms with Crippen LogP contribution in [0.5, 0.6) is 0 Å². The summed E-state index contributed by atoms with van der Waals surface area (Å²) in [6.07, 6.45) is 2.54. The van der Waals surface area contributed by atoms with E-state index in [-0.39, 0.29) is 6.54 Å². The predicted molar refractivity (Wildman–Crippen MR) is 52.5 cm³/mol. The van der Waals surface area contributed by atoms with Gasteiger partial charge in [0, 0.05) is 25.4 Å². The van der Waals surface area contributed by atoms with Crippen LogP contribution in [0.15, 0.2) is 6.20 Å². The zero-order valence-electron chi connectivity index (χ0n) is 8.19. The fourth-order valence-corrected chi connectivity index (χ4v) is 1.56. The number of aryl methyl sites for hydroxylation is 2. The van der Waals surface area contributed by atoms with Gasteiger partial charge in [-0.2, -0.15) is 18.2 Å². The maximum Gasteiger partial charge on any atom is 0.274 e. The van der Waals surface area contributed by atoms with Crippen LogP contribution >= 0.6 is 0 Å². The third-order valence-corrected chi connectivity index (χ3v) is 2.34. The maximum absolute atomic E-state index is 10.7.